The van der Waals surface area contributed by atoms with Gasteiger partial charge in [-0.3, -0.25) is 10.1 Å². The summed E-state index contributed by atoms with van der Waals surface area (Å²) in [6, 6.07) is 15.0. The van der Waals surface area contributed by atoms with Crippen molar-refractivity contribution < 1.29 is 19.1 Å². The van der Waals surface area contributed by atoms with Crippen molar-refractivity contribution in [3.63, 3.8) is 0 Å². The largest absolute Gasteiger partial charge is 0.449 e. The number of nitrogens with two attached hydrogens (primary N) is 1. The van der Waals surface area contributed by atoms with E-state index in [-0.39, 0.29) is 5.56 Å². The molecule has 2 rings (SSSR count). The summed E-state index contributed by atoms with van der Waals surface area (Å²) < 4.78 is 5.08. The number of nitrogens with one attached hydrogen (secondary N) is 2. The minimum absolute atomic E-state index is 0.264. The van der Waals surface area contributed by atoms with Gasteiger partial charge in [0.15, 0.2) is 6.10 Å². The molecule has 3 amide bonds. The van der Waals surface area contributed by atoms with E-state index in [2.05, 4.69) is 5.32 Å². The maximum atomic E-state index is 12.3. The molecular formula is C17H17N3O4. The number of carbonyl (C=O) groups excluding carboxylic acids is 3. The molecule has 7 nitrogen and oxygen atoms in total. The van der Waals surface area contributed by atoms with Crippen molar-refractivity contribution in [1.82, 2.24) is 5.32 Å². The quantitative estimate of drug-likeness (QED) is 0.729. The van der Waals surface area contributed by atoms with Crippen molar-refractivity contribution in [2.75, 3.05) is 5.32 Å². The molecule has 2 aromatic rings. The molecular weight excluding hydrogens is 310 g/mol. The second-order valence-electron chi connectivity index (χ2n) is 4.94. The number of amides is 3. The fourth-order valence-corrected chi connectivity index (χ4v) is 1.95. The lowest BCUT2D eigenvalue weighted by molar-refractivity contribution is -0.127. The maximum Gasteiger partial charge on any atom is 0.341 e. The SMILES string of the molecule is C[C@H](OC(=O)c1ccccc1Nc1ccccc1)C(=O)NC(N)=O. The third-order valence-corrected chi connectivity index (χ3v) is 3.10. The molecule has 24 heavy (non-hydrogen) atoms. The highest BCUT2D eigenvalue weighted by atomic mass is 16.5. The Morgan fingerprint density at radius 3 is 2.29 bits per heavy atom. The monoisotopic (exact) mass is 327 g/mol. The average molecular weight is 327 g/mol. The van der Waals surface area contributed by atoms with Crippen LogP contribution < -0.4 is 16.4 Å². The van der Waals surface area contributed by atoms with E-state index >= 15 is 0 Å². The summed E-state index contributed by atoms with van der Waals surface area (Å²) in [5.74, 6) is -1.48. The third-order valence-electron chi connectivity index (χ3n) is 3.10. The Balaban J connectivity index is 2.12. The van der Waals surface area contributed by atoms with Gasteiger partial charge in [0.25, 0.3) is 5.91 Å². The van der Waals surface area contributed by atoms with Gasteiger partial charge in [-0.1, -0.05) is 30.3 Å². The van der Waals surface area contributed by atoms with E-state index in [1.807, 2.05) is 35.6 Å². The lowest BCUT2D eigenvalue weighted by atomic mass is 10.1. The Hall–Kier alpha value is -3.35. The number of ether oxygens (including phenoxy) is 1. The normalized spacial score (nSPS) is 11.2. The molecule has 0 saturated heterocycles. The molecule has 124 valence electrons. The Kier molecular flexibility index (Phi) is 5.51. The summed E-state index contributed by atoms with van der Waals surface area (Å²) in [5.41, 5.74) is 6.47. The topological polar surface area (TPSA) is 111 Å². The Morgan fingerprint density at radius 1 is 1.00 bits per heavy atom. The van der Waals surface area contributed by atoms with Gasteiger partial charge in [0.2, 0.25) is 0 Å². The number of anilines is 2. The van der Waals surface area contributed by atoms with Gasteiger partial charge in [-0.15, -0.1) is 0 Å². The zero-order chi connectivity index (χ0) is 17.5. The number of para-hydroxylation sites is 2. The van der Waals surface area contributed by atoms with Crippen LogP contribution in [-0.2, 0) is 9.53 Å². The van der Waals surface area contributed by atoms with Gasteiger partial charge in [0, 0.05) is 5.69 Å². The predicted molar refractivity (Wildman–Crippen MR) is 88.8 cm³/mol. The standard InChI is InChI=1S/C17H17N3O4/c1-11(15(21)20-17(18)23)24-16(22)13-9-5-6-10-14(13)19-12-7-3-2-4-8-12/h2-11,19H,1H3,(H3,18,20,21,23)/t11-/m0/s1. The van der Waals surface area contributed by atoms with Crippen molar-refractivity contribution in [3.8, 4) is 0 Å². The van der Waals surface area contributed by atoms with E-state index in [4.69, 9.17) is 10.5 Å². The molecule has 0 aromatic heterocycles. The minimum atomic E-state index is -1.16. The summed E-state index contributed by atoms with van der Waals surface area (Å²) in [6.07, 6.45) is -1.16. The van der Waals surface area contributed by atoms with Crippen molar-refractivity contribution >= 4 is 29.3 Å². The second kappa shape index (κ2) is 7.77. The molecule has 0 radical (unpaired) electrons. The first-order valence-electron chi connectivity index (χ1n) is 7.19. The van der Waals surface area contributed by atoms with Gasteiger partial charge in [0.05, 0.1) is 11.3 Å². The molecule has 7 heteroatoms. The zero-order valence-electron chi connectivity index (χ0n) is 13.0. The summed E-state index contributed by atoms with van der Waals surface area (Å²) in [4.78, 5) is 34.6. The van der Waals surface area contributed by atoms with Crippen LogP contribution in [0.5, 0.6) is 0 Å². The summed E-state index contributed by atoms with van der Waals surface area (Å²) in [6.45, 7) is 1.35. The number of rotatable bonds is 5. The first kappa shape index (κ1) is 17.0. The molecule has 0 aliphatic carbocycles. The number of primary amides is 1. The number of imide groups is 1. The second-order valence-corrected chi connectivity index (χ2v) is 4.94. The van der Waals surface area contributed by atoms with Crippen molar-refractivity contribution in [2.24, 2.45) is 5.73 Å². The number of urea groups is 1. The molecule has 0 saturated carbocycles. The van der Waals surface area contributed by atoms with E-state index < -0.39 is 24.0 Å². The van der Waals surface area contributed by atoms with Crippen LogP contribution in [0.3, 0.4) is 0 Å². The van der Waals surface area contributed by atoms with Gasteiger partial charge in [-0.25, -0.2) is 9.59 Å². The van der Waals surface area contributed by atoms with Gasteiger partial charge in [-0.05, 0) is 31.2 Å². The minimum Gasteiger partial charge on any atom is -0.449 e. The van der Waals surface area contributed by atoms with E-state index in [0.717, 1.165) is 5.69 Å². The molecule has 0 heterocycles. The third kappa shape index (κ3) is 4.57. The van der Waals surface area contributed by atoms with Crippen molar-refractivity contribution in [2.45, 2.75) is 13.0 Å². The number of hydrogen-bond donors (Lipinski definition) is 3. The van der Waals surface area contributed by atoms with Crippen molar-refractivity contribution in [3.05, 3.63) is 60.2 Å². The summed E-state index contributed by atoms with van der Waals surface area (Å²) >= 11 is 0. The van der Waals surface area contributed by atoms with Gasteiger partial charge >= 0.3 is 12.0 Å². The fraction of sp³-hybridized carbons (Fsp3) is 0.118. The van der Waals surface area contributed by atoms with E-state index in [1.54, 1.807) is 24.3 Å². The zero-order valence-corrected chi connectivity index (χ0v) is 13.0. The summed E-state index contributed by atoms with van der Waals surface area (Å²) in [5, 5.41) is 4.97. The maximum absolute atomic E-state index is 12.3. The highest BCUT2D eigenvalue weighted by molar-refractivity contribution is 6.00. The van der Waals surface area contributed by atoms with Crippen LogP contribution in [0.15, 0.2) is 54.6 Å². The number of esters is 1. The first-order valence-corrected chi connectivity index (χ1v) is 7.19. The smallest absolute Gasteiger partial charge is 0.341 e. The summed E-state index contributed by atoms with van der Waals surface area (Å²) in [7, 11) is 0. The Morgan fingerprint density at radius 2 is 1.62 bits per heavy atom. The average Bonchev–Trinajstić information content (AvgIpc) is 2.55. The van der Waals surface area contributed by atoms with Gasteiger partial charge in [-0.2, -0.15) is 0 Å². The van der Waals surface area contributed by atoms with Crippen LogP contribution >= 0.6 is 0 Å². The van der Waals surface area contributed by atoms with E-state index in [0.29, 0.717) is 5.69 Å². The highest BCUT2D eigenvalue weighted by Crippen LogP contribution is 2.21. The number of benzene rings is 2. The molecule has 0 fully saturated rings. The molecule has 0 aliphatic heterocycles. The van der Waals surface area contributed by atoms with E-state index in [1.165, 1.54) is 6.92 Å². The van der Waals surface area contributed by atoms with Crippen molar-refractivity contribution in [1.29, 1.82) is 0 Å². The Bertz CT molecular complexity index is 747. The van der Waals surface area contributed by atoms with Crippen LogP contribution in [0, 0.1) is 0 Å². The number of hydrogen-bond acceptors (Lipinski definition) is 5. The van der Waals surface area contributed by atoms with Crippen LogP contribution in [-0.4, -0.2) is 24.0 Å². The predicted octanol–water partition coefficient (Wildman–Crippen LogP) is 2.17. The molecule has 1 atom stereocenters. The number of carbonyl (C=O) groups is 3. The molecule has 0 aliphatic rings. The Labute approximate surface area is 138 Å². The fourth-order valence-electron chi connectivity index (χ4n) is 1.95. The van der Waals surface area contributed by atoms with Gasteiger partial charge < -0.3 is 15.8 Å². The molecule has 0 bridgehead atoms. The van der Waals surface area contributed by atoms with Gasteiger partial charge in [0.1, 0.15) is 0 Å². The lowest BCUT2D eigenvalue weighted by Crippen LogP contribution is -2.42. The first-order chi connectivity index (χ1) is 11.5. The van der Waals surface area contributed by atoms with Crippen LogP contribution in [0.1, 0.15) is 17.3 Å². The van der Waals surface area contributed by atoms with Crippen LogP contribution in [0.25, 0.3) is 0 Å². The van der Waals surface area contributed by atoms with E-state index in [9.17, 15) is 14.4 Å². The molecule has 0 unspecified atom stereocenters. The highest BCUT2D eigenvalue weighted by Gasteiger charge is 2.21. The molecule has 4 N–H and O–H groups in total. The van der Waals surface area contributed by atoms with Crippen LogP contribution in [0.2, 0.25) is 0 Å². The van der Waals surface area contributed by atoms with Crippen LogP contribution in [0.4, 0.5) is 16.2 Å². The lowest BCUT2D eigenvalue weighted by Gasteiger charge is -2.15. The molecule has 2 aromatic carbocycles. The molecule has 0 spiro atoms.